The smallest absolute Gasteiger partial charge is 0.326 e. The molecule has 0 saturated heterocycles. The van der Waals surface area contributed by atoms with Gasteiger partial charge in [-0.25, -0.2) is 9.78 Å². The van der Waals surface area contributed by atoms with E-state index in [9.17, 15) is 14.7 Å². The quantitative estimate of drug-likeness (QED) is 0.691. The first-order valence-electron chi connectivity index (χ1n) is 9.29. The Kier molecular flexibility index (Phi) is 5.07. The van der Waals surface area contributed by atoms with Gasteiger partial charge in [-0.05, 0) is 37.6 Å². The van der Waals surface area contributed by atoms with E-state index in [1.54, 1.807) is 30.4 Å². The van der Waals surface area contributed by atoms with Crippen LogP contribution in [0.1, 0.15) is 24.4 Å². The highest BCUT2D eigenvalue weighted by molar-refractivity contribution is 7.10. The normalized spacial score (nSPS) is 16.8. The lowest BCUT2D eigenvalue weighted by Gasteiger charge is -2.35. The topological polar surface area (TPSA) is 79.7 Å². The Balaban J connectivity index is 1.67. The maximum atomic E-state index is 12.6. The Morgan fingerprint density at radius 2 is 2.03 bits per heavy atom. The van der Waals surface area contributed by atoms with E-state index >= 15 is 0 Å². The molecule has 0 aliphatic carbocycles. The summed E-state index contributed by atoms with van der Waals surface area (Å²) in [6, 6.07) is 14.6. The third kappa shape index (κ3) is 3.73. The summed E-state index contributed by atoms with van der Waals surface area (Å²) in [5, 5.41) is 12.4. The summed E-state index contributed by atoms with van der Waals surface area (Å²) in [5.74, 6) is -0.941. The molecule has 2 heterocycles. The van der Waals surface area contributed by atoms with Crippen LogP contribution in [0.5, 0.6) is 5.75 Å². The number of carboxylic acids is 1. The van der Waals surface area contributed by atoms with Gasteiger partial charge in [0.25, 0.3) is 5.91 Å². The van der Waals surface area contributed by atoms with Crippen LogP contribution in [0.25, 0.3) is 11.3 Å². The van der Waals surface area contributed by atoms with E-state index in [2.05, 4.69) is 12.1 Å². The molecule has 1 N–H and O–H groups in total. The number of aliphatic carboxylic acids is 1. The lowest BCUT2D eigenvalue weighted by atomic mass is 10.1. The van der Waals surface area contributed by atoms with Crippen LogP contribution in [-0.4, -0.2) is 34.1 Å². The van der Waals surface area contributed by atoms with Crippen LogP contribution in [0.2, 0.25) is 0 Å². The maximum Gasteiger partial charge on any atom is 0.326 e. The molecule has 3 aromatic rings. The first kappa shape index (κ1) is 19.1. The van der Waals surface area contributed by atoms with Crippen molar-refractivity contribution in [3.63, 3.8) is 0 Å². The van der Waals surface area contributed by atoms with Crippen molar-refractivity contribution in [2.45, 2.75) is 32.4 Å². The van der Waals surface area contributed by atoms with E-state index in [1.165, 1.54) is 17.4 Å². The largest absolute Gasteiger partial charge is 0.480 e. The van der Waals surface area contributed by atoms with Crippen molar-refractivity contribution in [2.24, 2.45) is 0 Å². The summed E-state index contributed by atoms with van der Waals surface area (Å²) in [6.07, 6.45) is 0.0180. The molecule has 4 rings (SSSR count). The Morgan fingerprint density at radius 1 is 1.28 bits per heavy atom. The molecule has 1 aliphatic rings. The van der Waals surface area contributed by atoms with Crippen LogP contribution < -0.4 is 9.64 Å². The van der Waals surface area contributed by atoms with E-state index in [4.69, 9.17) is 9.72 Å². The summed E-state index contributed by atoms with van der Waals surface area (Å²) in [6.45, 7) is 3.12. The molecule has 0 fully saturated rings. The molecule has 2 atom stereocenters. The highest BCUT2D eigenvalue weighted by Crippen LogP contribution is 2.39. The Labute approximate surface area is 172 Å². The van der Waals surface area contributed by atoms with E-state index < -0.39 is 18.1 Å². The maximum absolute atomic E-state index is 12.6. The van der Waals surface area contributed by atoms with Gasteiger partial charge in [0.1, 0.15) is 11.8 Å². The average molecular weight is 408 g/mol. The second kappa shape index (κ2) is 7.67. The number of anilines is 1. The van der Waals surface area contributed by atoms with E-state index in [-0.39, 0.29) is 5.91 Å². The summed E-state index contributed by atoms with van der Waals surface area (Å²) in [5.41, 5.74) is 3.25. The van der Waals surface area contributed by atoms with Gasteiger partial charge in [-0.1, -0.05) is 30.3 Å². The number of amides is 1. The van der Waals surface area contributed by atoms with E-state index in [0.29, 0.717) is 11.4 Å². The standard InChI is InChI=1S/C22H20N2O4S/c1-13(22(26)27)24-18-11-16(8-9-19(18)28-14(2)21(24)25)17-12-29-20(23-17)10-15-6-4-3-5-7-15/h3-9,11-14H,10H2,1-2H3,(H,26,27). The van der Waals surface area contributed by atoms with Crippen molar-refractivity contribution in [3.05, 3.63) is 64.5 Å². The van der Waals surface area contributed by atoms with Gasteiger partial charge < -0.3 is 9.84 Å². The molecule has 2 unspecified atom stereocenters. The second-order valence-electron chi connectivity index (χ2n) is 6.95. The lowest BCUT2D eigenvalue weighted by Crippen LogP contribution is -2.51. The van der Waals surface area contributed by atoms with Crippen molar-refractivity contribution < 1.29 is 19.4 Å². The van der Waals surface area contributed by atoms with Crippen LogP contribution in [0.4, 0.5) is 5.69 Å². The first-order valence-corrected chi connectivity index (χ1v) is 10.2. The fourth-order valence-electron chi connectivity index (χ4n) is 3.33. The third-order valence-electron chi connectivity index (χ3n) is 4.90. The monoisotopic (exact) mass is 408 g/mol. The van der Waals surface area contributed by atoms with Crippen molar-refractivity contribution >= 4 is 28.9 Å². The minimum atomic E-state index is -1.07. The van der Waals surface area contributed by atoms with Gasteiger partial charge in [-0.2, -0.15) is 0 Å². The van der Waals surface area contributed by atoms with Gasteiger partial charge in [0.2, 0.25) is 0 Å². The fourth-order valence-corrected chi connectivity index (χ4v) is 4.16. The van der Waals surface area contributed by atoms with Gasteiger partial charge in [0.15, 0.2) is 6.10 Å². The van der Waals surface area contributed by atoms with E-state index in [1.807, 2.05) is 29.6 Å². The minimum Gasteiger partial charge on any atom is -0.480 e. The molecule has 1 aromatic heterocycles. The fraction of sp³-hybridized carbons (Fsp3) is 0.227. The second-order valence-corrected chi connectivity index (χ2v) is 7.90. The predicted molar refractivity (Wildman–Crippen MR) is 111 cm³/mol. The van der Waals surface area contributed by atoms with Crippen LogP contribution in [0.15, 0.2) is 53.9 Å². The van der Waals surface area contributed by atoms with Crippen molar-refractivity contribution in [2.75, 3.05) is 4.90 Å². The number of carboxylic acid groups (broad SMARTS) is 1. The van der Waals surface area contributed by atoms with Crippen molar-refractivity contribution in [1.82, 2.24) is 4.98 Å². The number of hydrogen-bond donors (Lipinski definition) is 1. The molecule has 0 radical (unpaired) electrons. The highest BCUT2D eigenvalue weighted by atomic mass is 32.1. The van der Waals surface area contributed by atoms with Crippen molar-refractivity contribution in [1.29, 1.82) is 0 Å². The third-order valence-corrected chi connectivity index (χ3v) is 5.75. The van der Waals surface area contributed by atoms with Crippen molar-refractivity contribution in [3.8, 4) is 17.0 Å². The number of benzene rings is 2. The zero-order valence-corrected chi connectivity index (χ0v) is 16.8. The molecular weight excluding hydrogens is 388 g/mol. The number of nitrogens with zero attached hydrogens (tertiary/aromatic N) is 2. The van der Waals surface area contributed by atoms with Crippen LogP contribution in [-0.2, 0) is 16.0 Å². The number of fused-ring (bicyclic) bond motifs is 1. The van der Waals surface area contributed by atoms with Gasteiger partial charge in [0, 0.05) is 17.4 Å². The summed E-state index contributed by atoms with van der Waals surface area (Å²) >= 11 is 1.57. The molecule has 7 heteroatoms. The lowest BCUT2D eigenvalue weighted by molar-refractivity contribution is -0.140. The SMILES string of the molecule is CC1Oc2ccc(-c3csc(Cc4ccccc4)n3)cc2N(C(C)C(=O)O)C1=O. The average Bonchev–Trinajstić information content (AvgIpc) is 3.17. The number of carbonyl (C=O) groups excluding carboxylic acids is 1. The van der Waals surface area contributed by atoms with Gasteiger partial charge in [-0.3, -0.25) is 9.69 Å². The summed E-state index contributed by atoms with van der Waals surface area (Å²) in [4.78, 5) is 30.2. The molecule has 1 aliphatic heterocycles. The minimum absolute atomic E-state index is 0.368. The molecule has 29 heavy (non-hydrogen) atoms. The zero-order valence-electron chi connectivity index (χ0n) is 16.0. The molecule has 148 valence electrons. The number of thiazole rings is 1. The molecule has 0 bridgehead atoms. The van der Waals surface area contributed by atoms with Gasteiger partial charge in [-0.15, -0.1) is 11.3 Å². The number of aromatic nitrogens is 1. The van der Waals surface area contributed by atoms with Crippen LogP contribution in [0.3, 0.4) is 0 Å². The number of rotatable bonds is 5. The van der Waals surface area contributed by atoms with Crippen LogP contribution in [0, 0.1) is 0 Å². The summed E-state index contributed by atoms with van der Waals surface area (Å²) in [7, 11) is 0. The Morgan fingerprint density at radius 3 is 2.76 bits per heavy atom. The van der Waals surface area contributed by atoms with Crippen LogP contribution >= 0.6 is 11.3 Å². The first-order chi connectivity index (χ1) is 13.9. The Bertz CT molecular complexity index is 1060. The Hall–Kier alpha value is -3.19. The summed E-state index contributed by atoms with van der Waals surface area (Å²) < 4.78 is 5.68. The van der Waals surface area contributed by atoms with Gasteiger partial charge >= 0.3 is 5.97 Å². The zero-order chi connectivity index (χ0) is 20.5. The molecule has 6 nitrogen and oxygen atoms in total. The van der Waals surface area contributed by atoms with Gasteiger partial charge in [0.05, 0.1) is 16.4 Å². The molecule has 0 spiro atoms. The number of hydrogen-bond acceptors (Lipinski definition) is 5. The number of carbonyl (C=O) groups is 2. The predicted octanol–water partition coefficient (Wildman–Crippen LogP) is 3.99. The molecule has 2 aromatic carbocycles. The highest BCUT2D eigenvalue weighted by Gasteiger charge is 2.37. The van der Waals surface area contributed by atoms with E-state index in [0.717, 1.165) is 22.7 Å². The molecular formula is C22H20N2O4S. The molecule has 1 amide bonds. The number of ether oxygens (including phenoxy) is 1. The molecule has 0 saturated carbocycles.